The zero-order chi connectivity index (χ0) is 15.3. The molecule has 1 spiro atoms. The van der Waals surface area contributed by atoms with E-state index in [1.165, 1.54) is 25.7 Å². The largest absolute Gasteiger partial charge is 0.381 e. The van der Waals surface area contributed by atoms with E-state index in [4.69, 9.17) is 10.5 Å². The molecule has 1 amide bonds. The van der Waals surface area contributed by atoms with Gasteiger partial charge in [-0.05, 0) is 56.8 Å². The SMILES string of the molecule is CCC(CC)(CN)C(=O)NC1CCC2(CCOCC2)CC1. The Balaban J connectivity index is 1.86. The van der Waals surface area contributed by atoms with Gasteiger partial charge in [0.2, 0.25) is 5.91 Å². The van der Waals surface area contributed by atoms with Crippen LogP contribution < -0.4 is 11.1 Å². The molecule has 21 heavy (non-hydrogen) atoms. The summed E-state index contributed by atoms with van der Waals surface area (Å²) in [7, 11) is 0. The van der Waals surface area contributed by atoms with Crippen molar-refractivity contribution < 1.29 is 9.53 Å². The average molecular weight is 296 g/mol. The minimum absolute atomic E-state index is 0.169. The van der Waals surface area contributed by atoms with E-state index >= 15 is 0 Å². The third-order valence-corrected chi connectivity index (χ3v) is 6.16. The topological polar surface area (TPSA) is 64.4 Å². The third-order valence-electron chi connectivity index (χ3n) is 6.16. The van der Waals surface area contributed by atoms with E-state index in [1.807, 2.05) is 0 Å². The fraction of sp³-hybridized carbons (Fsp3) is 0.941. The van der Waals surface area contributed by atoms with Crippen LogP contribution in [0.1, 0.15) is 65.2 Å². The van der Waals surface area contributed by atoms with Crippen LogP contribution in [0.5, 0.6) is 0 Å². The van der Waals surface area contributed by atoms with E-state index in [0.29, 0.717) is 18.0 Å². The first-order chi connectivity index (χ1) is 10.1. The highest BCUT2D eigenvalue weighted by Gasteiger charge is 2.39. The lowest BCUT2D eigenvalue weighted by molar-refractivity contribution is -0.132. The van der Waals surface area contributed by atoms with Crippen molar-refractivity contribution in [3.8, 4) is 0 Å². The van der Waals surface area contributed by atoms with Crippen molar-refractivity contribution in [1.29, 1.82) is 0 Å². The first-order valence-corrected chi connectivity index (χ1v) is 8.68. The maximum absolute atomic E-state index is 12.6. The molecule has 0 aromatic heterocycles. The lowest BCUT2D eigenvalue weighted by atomic mass is 9.68. The third kappa shape index (κ3) is 3.59. The van der Waals surface area contributed by atoms with E-state index in [0.717, 1.165) is 38.9 Å². The highest BCUT2D eigenvalue weighted by molar-refractivity contribution is 5.83. The van der Waals surface area contributed by atoms with Gasteiger partial charge in [-0.25, -0.2) is 0 Å². The fourth-order valence-electron chi connectivity index (χ4n) is 3.97. The second kappa shape index (κ2) is 7.10. The van der Waals surface area contributed by atoms with Crippen LogP contribution in [0.2, 0.25) is 0 Å². The van der Waals surface area contributed by atoms with Crippen LogP contribution >= 0.6 is 0 Å². The first kappa shape index (κ1) is 16.8. The van der Waals surface area contributed by atoms with E-state index in [9.17, 15) is 4.79 Å². The molecule has 0 bridgehead atoms. The Kier molecular flexibility index (Phi) is 5.67. The standard InChI is InChI=1S/C17H32N2O2/c1-3-17(4-2,13-18)15(20)19-14-5-7-16(8-6-14)9-11-21-12-10-16/h14H,3-13,18H2,1-2H3,(H,19,20). The summed E-state index contributed by atoms with van der Waals surface area (Å²) in [4.78, 5) is 12.6. The lowest BCUT2D eigenvalue weighted by Crippen LogP contribution is -2.50. The van der Waals surface area contributed by atoms with Gasteiger partial charge in [0.1, 0.15) is 0 Å². The van der Waals surface area contributed by atoms with Crippen LogP contribution in [0.15, 0.2) is 0 Å². The van der Waals surface area contributed by atoms with Gasteiger partial charge in [0.15, 0.2) is 0 Å². The van der Waals surface area contributed by atoms with Gasteiger partial charge in [-0.15, -0.1) is 0 Å². The maximum atomic E-state index is 12.6. The van der Waals surface area contributed by atoms with Gasteiger partial charge in [-0.2, -0.15) is 0 Å². The molecular formula is C17H32N2O2. The number of hydrogen-bond donors (Lipinski definition) is 2. The van der Waals surface area contributed by atoms with Gasteiger partial charge in [0.25, 0.3) is 0 Å². The predicted octanol–water partition coefficient (Wildman–Crippen LogP) is 2.61. The molecule has 4 heteroatoms. The number of nitrogens with one attached hydrogen (secondary N) is 1. The van der Waals surface area contributed by atoms with Crippen LogP contribution in [-0.2, 0) is 9.53 Å². The van der Waals surface area contributed by atoms with Crippen LogP contribution in [-0.4, -0.2) is 31.7 Å². The molecule has 4 nitrogen and oxygen atoms in total. The molecule has 1 saturated heterocycles. The van der Waals surface area contributed by atoms with Crippen molar-refractivity contribution in [2.45, 2.75) is 71.3 Å². The number of ether oxygens (including phenoxy) is 1. The summed E-state index contributed by atoms with van der Waals surface area (Å²) >= 11 is 0. The number of rotatable bonds is 5. The van der Waals surface area contributed by atoms with E-state index < -0.39 is 0 Å². The van der Waals surface area contributed by atoms with Gasteiger partial charge < -0.3 is 15.8 Å². The van der Waals surface area contributed by atoms with Crippen LogP contribution in [0, 0.1) is 10.8 Å². The Morgan fingerprint density at radius 3 is 2.24 bits per heavy atom. The number of amides is 1. The molecule has 1 aliphatic heterocycles. The summed E-state index contributed by atoms with van der Waals surface area (Å²) in [6, 6.07) is 0.343. The lowest BCUT2D eigenvalue weighted by Gasteiger charge is -2.43. The highest BCUT2D eigenvalue weighted by Crippen LogP contribution is 2.44. The molecular weight excluding hydrogens is 264 g/mol. The molecule has 1 saturated carbocycles. The zero-order valence-corrected chi connectivity index (χ0v) is 13.7. The summed E-state index contributed by atoms with van der Waals surface area (Å²) in [5, 5.41) is 3.28. The van der Waals surface area contributed by atoms with Crippen LogP contribution in [0.3, 0.4) is 0 Å². The molecule has 2 aliphatic rings. The Morgan fingerprint density at radius 2 is 1.76 bits per heavy atom. The Labute approximate surface area is 129 Å². The molecule has 0 aromatic carbocycles. The predicted molar refractivity (Wildman–Crippen MR) is 85.0 cm³/mol. The van der Waals surface area contributed by atoms with Crippen molar-refractivity contribution >= 4 is 5.91 Å². The monoisotopic (exact) mass is 296 g/mol. The Morgan fingerprint density at radius 1 is 1.19 bits per heavy atom. The number of carbonyl (C=O) groups is 1. The number of hydrogen-bond acceptors (Lipinski definition) is 3. The summed E-state index contributed by atoms with van der Waals surface area (Å²) in [5.74, 6) is 0.169. The number of nitrogens with two attached hydrogens (primary N) is 1. The van der Waals surface area contributed by atoms with Gasteiger partial charge in [0, 0.05) is 25.8 Å². The van der Waals surface area contributed by atoms with Crippen LogP contribution in [0.4, 0.5) is 0 Å². The summed E-state index contributed by atoms with van der Waals surface area (Å²) in [5.41, 5.74) is 6.00. The van der Waals surface area contributed by atoms with Crippen molar-refractivity contribution in [2.75, 3.05) is 19.8 Å². The molecule has 2 fully saturated rings. The Bertz CT molecular complexity index is 328. The van der Waals surface area contributed by atoms with Crippen LogP contribution in [0.25, 0.3) is 0 Å². The smallest absolute Gasteiger partial charge is 0.227 e. The average Bonchev–Trinajstić information content (AvgIpc) is 2.53. The van der Waals surface area contributed by atoms with E-state index in [-0.39, 0.29) is 11.3 Å². The first-order valence-electron chi connectivity index (χ1n) is 8.68. The maximum Gasteiger partial charge on any atom is 0.227 e. The molecule has 122 valence electrons. The van der Waals surface area contributed by atoms with Crippen molar-refractivity contribution in [3.05, 3.63) is 0 Å². The minimum Gasteiger partial charge on any atom is -0.381 e. The molecule has 0 radical (unpaired) electrons. The summed E-state index contributed by atoms with van der Waals surface area (Å²) in [6.07, 6.45) is 8.72. The molecule has 1 heterocycles. The van der Waals surface area contributed by atoms with E-state index in [1.54, 1.807) is 0 Å². The fourth-order valence-corrected chi connectivity index (χ4v) is 3.97. The summed E-state index contributed by atoms with van der Waals surface area (Å²) < 4.78 is 5.49. The second-order valence-corrected chi connectivity index (χ2v) is 7.05. The molecule has 2 rings (SSSR count). The second-order valence-electron chi connectivity index (χ2n) is 7.05. The van der Waals surface area contributed by atoms with Crippen molar-refractivity contribution in [2.24, 2.45) is 16.6 Å². The highest BCUT2D eigenvalue weighted by atomic mass is 16.5. The molecule has 0 aromatic rings. The number of carbonyl (C=O) groups excluding carboxylic acids is 1. The molecule has 0 atom stereocenters. The minimum atomic E-state index is -0.367. The van der Waals surface area contributed by atoms with Gasteiger partial charge in [-0.1, -0.05) is 13.8 Å². The van der Waals surface area contributed by atoms with Crippen molar-refractivity contribution in [1.82, 2.24) is 5.32 Å². The molecule has 0 unspecified atom stereocenters. The quantitative estimate of drug-likeness (QED) is 0.819. The van der Waals surface area contributed by atoms with Gasteiger partial charge in [-0.3, -0.25) is 4.79 Å². The zero-order valence-electron chi connectivity index (χ0n) is 13.7. The van der Waals surface area contributed by atoms with E-state index in [2.05, 4.69) is 19.2 Å². The normalized spacial score (nSPS) is 23.2. The molecule has 1 aliphatic carbocycles. The molecule has 3 N–H and O–H groups in total. The van der Waals surface area contributed by atoms with Gasteiger partial charge in [0.05, 0.1) is 5.41 Å². The summed E-state index contributed by atoms with van der Waals surface area (Å²) in [6.45, 7) is 6.40. The van der Waals surface area contributed by atoms with Crippen molar-refractivity contribution in [3.63, 3.8) is 0 Å². The Hall–Kier alpha value is -0.610. The van der Waals surface area contributed by atoms with Gasteiger partial charge >= 0.3 is 0 Å².